The molecule has 0 spiro atoms. The summed E-state index contributed by atoms with van der Waals surface area (Å²) >= 11 is 0. The van der Waals surface area contributed by atoms with E-state index >= 15 is 0 Å². The van der Waals surface area contributed by atoms with Crippen molar-refractivity contribution < 1.29 is 5.11 Å². The molecule has 1 aromatic carbocycles. The first-order valence-electron chi connectivity index (χ1n) is 3.84. The molecule has 1 aliphatic heterocycles. The molecule has 0 aromatic heterocycles. The van der Waals surface area contributed by atoms with Crippen LogP contribution in [0.3, 0.4) is 0 Å². The molecule has 0 saturated carbocycles. The SMILES string of the molecule is Cl.OC1CN(c2ccccc2)C1. The topological polar surface area (TPSA) is 23.5 Å². The van der Waals surface area contributed by atoms with E-state index < -0.39 is 0 Å². The van der Waals surface area contributed by atoms with Crippen molar-refractivity contribution in [2.75, 3.05) is 18.0 Å². The average Bonchev–Trinajstić information content (AvgIpc) is 2.01. The molecule has 1 saturated heterocycles. The summed E-state index contributed by atoms with van der Waals surface area (Å²) in [6.07, 6.45) is -0.116. The highest BCUT2D eigenvalue weighted by molar-refractivity contribution is 5.85. The number of rotatable bonds is 1. The lowest BCUT2D eigenvalue weighted by atomic mass is 10.1. The molecule has 1 heterocycles. The van der Waals surface area contributed by atoms with E-state index in [0.717, 1.165) is 13.1 Å². The van der Waals surface area contributed by atoms with E-state index in [1.807, 2.05) is 18.2 Å². The highest BCUT2D eigenvalue weighted by Crippen LogP contribution is 2.19. The largest absolute Gasteiger partial charge is 0.389 e. The number of hydrogen-bond acceptors (Lipinski definition) is 2. The first kappa shape index (κ1) is 9.36. The molecule has 1 N–H and O–H groups in total. The molecule has 2 nitrogen and oxygen atoms in total. The molecule has 0 atom stereocenters. The smallest absolute Gasteiger partial charge is 0.0889 e. The van der Waals surface area contributed by atoms with Crippen molar-refractivity contribution in [1.29, 1.82) is 0 Å². The minimum absolute atomic E-state index is 0. The number of anilines is 1. The minimum Gasteiger partial charge on any atom is -0.389 e. The Balaban J connectivity index is 0.000000720. The molecule has 1 fully saturated rings. The van der Waals surface area contributed by atoms with Crippen molar-refractivity contribution in [3.8, 4) is 0 Å². The van der Waals surface area contributed by atoms with Crippen molar-refractivity contribution >= 4 is 18.1 Å². The summed E-state index contributed by atoms with van der Waals surface area (Å²) in [7, 11) is 0. The fraction of sp³-hybridized carbons (Fsp3) is 0.333. The summed E-state index contributed by atoms with van der Waals surface area (Å²) < 4.78 is 0. The van der Waals surface area contributed by atoms with Crippen LogP contribution in [-0.4, -0.2) is 24.3 Å². The molecule has 0 aliphatic carbocycles. The van der Waals surface area contributed by atoms with Gasteiger partial charge in [-0.15, -0.1) is 12.4 Å². The summed E-state index contributed by atoms with van der Waals surface area (Å²) in [5.41, 5.74) is 1.21. The van der Waals surface area contributed by atoms with Crippen molar-refractivity contribution in [3.63, 3.8) is 0 Å². The van der Waals surface area contributed by atoms with Crippen LogP contribution in [-0.2, 0) is 0 Å². The number of halogens is 1. The van der Waals surface area contributed by atoms with E-state index in [2.05, 4.69) is 17.0 Å². The zero-order valence-electron chi connectivity index (χ0n) is 6.68. The number of aliphatic hydroxyl groups is 1. The maximum absolute atomic E-state index is 9.04. The zero-order valence-corrected chi connectivity index (χ0v) is 7.50. The van der Waals surface area contributed by atoms with E-state index in [9.17, 15) is 0 Å². The summed E-state index contributed by atoms with van der Waals surface area (Å²) in [4.78, 5) is 2.16. The van der Waals surface area contributed by atoms with E-state index in [0.29, 0.717) is 0 Å². The Morgan fingerprint density at radius 1 is 1.17 bits per heavy atom. The Labute approximate surface area is 78.2 Å². The quantitative estimate of drug-likeness (QED) is 0.713. The van der Waals surface area contributed by atoms with Crippen molar-refractivity contribution in [2.45, 2.75) is 6.10 Å². The predicted octanol–water partition coefficient (Wildman–Crippen LogP) is 1.29. The number of hydrogen-bond donors (Lipinski definition) is 1. The van der Waals surface area contributed by atoms with Crippen LogP contribution in [0.15, 0.2) is 30.3 Å². The molecule has 3 heteroatoms. The Morgan fingerprint density at radius 3 is 2.25 bits per heavy atom. The number of benzene rings is 1. The average molecular weight is 186 g/mol. The predicted molar refractivity (Wildman–Crippen MR) is 51.9 cm³/mol. The third-order valence-corrected chi connectivity index (χ3v) is 1.98. The molecule has 2 rings (SSSR count). The van der Waals surface area contributed by atoms with Gasteiger partial charge < -0.3 is 10.0 Å². The summed E-state index contributed by atoms with van der Waals surface area (Å²) in [6, 6.07) is 10.2. The van der Waals surface area contributed by atoms with Gasteiger partial charge >= 0.3 is 0 Å². The third kappa shape index (κ3) is 1.71. The van der Waals surface area contributed by atoms with Crippen LogP contribution in [0.2, 0.25) is 0 Å². The first-order chi connectivity index (χ1) is 5.36. The number of para-hydroxylation sites is 1. The van der Waals surface area contributed by atoms with Gasteiger partial charge in [-0.05, 0) is 12.1 Å². The van der Waals surface area contributed by atoms with Gasteiger partial charge in [0.15, 0.2) is 0 Å². The van der Waals surface area contributed by atoms with Gasteiger partial charge in [0.2, 0.25) is 0 Å². The van der Waals surface area contributed by atoms with E-state index in [1.165, 1.54) is 5.69 Å². The number of aliphatic hydroxyl groups excluding tert-OH is 1. The standard InChI is InChI=1S/C9H11NO.ClH/c11-9-6-10(7-9)8-4-2-1-3-5-8;/h1-5,9,11H,6-7H2;1H. The van der Waals surface area contributed by atoms with Crippen LogP contribution in [0.25, 0.3) is 0 Å². The number of nitrogens with zero attached hydrogens (tertiary/aromatic N) is 1. The fourth-order valence-electron chi connectivity index (χ4n) is 1.30. The zero-order chi connectivity index (χ0) is 7.68. The Morgan fingerprint density at radius 2 is 1.75 bits per heavy atom. The molecule has 1 aromatic rings. The van der Waals surface area contributed by atoms with E-state index in [4.69, 9.17) is 5.11 Å². The van der Waals surface area contributed by atoms with Gasteiger partial charge in [-0.2, -0.15) is 0 Å². The van der Waals surface area contributed by atoms with Gasteiger partial charge in [0.25, 0.3) is 0 Å². The van der Waals surface area contributed by atoms with Crippen molar-refractivity contribution in [2.24, 2.45) is 0 Å². The molecule has 0 bridgehead atoms. The number of β-amino-alcohol motifs (C(OH)–C–C–N with tert-alkyl or cyclic N) is 1. The normalized spacial score (nSPS) is 16.6. The first-order valence-corrected chi connectivity index (χ1v) is 3.84. The summed E-state index contributed by atoms with van der Waals surface area (Å²) in [5, 5.41) is 9.04. The van der Waals surface area contributed by atoms with Crippen molar-refractivity contribution in [1.82, 2.24) is 0 Å². The van der Waals surface area contributed by atoms with E-state index in [-0.39, 0.29) is 18.5 Å². The maximum Gasteiger partial charge on any atom is 0.0889 e. The third-order valence-electron chi connectivity index (χ3n) is 1.98. The molecule has 12 heavy (non-hydrogen) atoms. The van der Waals surface area contributed by atoms with Gasteiger partial charge in [0, 0.05) is 18.8 Å². The summed E-state index contributed by atoms with van der Waals surface area (Å²) in [6.45, 7) is 1.56. The second-order valence-electron chi connectivity index (χ2n) is 2.89. The van der Waals surface area contributed by atoms with Gasteiger partial charge in [0.1, 0.15) is 0 Å². The highest BCUT2D eigenvalue weighted by atomic mass is 35.5. The van der Waals surface area contributed by atoms with Crippen LogP contribution in [0.1, 0.15) is 0 Å². The second kappa shape index (κ2) is 3.78. The molecule has 0 amide bonds. The fourth-order valence-corrected chi connectivity index (χ4v) is 1.30. The molecular formula is C9H12ClNO. The molecule has 0 unspecified atom stereocenters. The molecule has 1 aliphatic rings. The van der Waals surface area contributed by atoms with Gasteiger partial charge in [0.05, 0.1) is 6.10 Å². The van der Waals surface area contributed by atoms with Gasteiger partial charge in [-0.1, -0.05) is 18.2 Å². The molecule has 66 valence electrons. The second-order valence-corrected chi connectivity index (χ2v) is 2.89. The van der Waals surface area contributed by atoms with Gasteiger partial charge in [-0.3, -0.25) is 0 Å². The Hall–Kier alpha value is -0.730. The van der Waals surface area contributed by atoms with Crippen LogP contribution < -0.4 is 4.90 Å². The highest BCUT2D eigenvalue weighted by Gasteiger charge is 2.23. The van der Waals surface area contributed by atoms with Crippen LogP contribution in [0.4, 0.5) is 5.69 Å². The lowest BCUT2D eigenvalue weighted by Crippen LogP contribution is -2.50. The van der Waals surface area contributed by atoms with Crippen molar-refractivity contribution in [3.05, 3.63) is 30.3 Å². The minimum atomic E-state index is -0.116. The lowest BCUT2D eigenvalue weighted by Gasteiger charge is -2.37. The lowest BCUT2D eigenvalue weighted by molar-refractivity contribution is 0.142. The van der Waals surface area contributed by atoms with Crippen LogP contribution >= 0.6 is 12.4 Å². The Kier molecular flexibility index (Phi) is 2.95. The monoisotopic (exact) mass is 185 g/mol. The molecule has 0 radical (unpaired) electrons. The summed E-state index contributed by atoms with van der Waals surface area (Å²) in [5.74, 6) is 0. The van der Waals surface area contributed by atoms with Crippen LogP contribution in [0.5, 0.6) is 0 Å². The van der Waals surface area contributed by atoms with Gasteiger partial charge in [-0.25, -0.2) is 0 Å². The van der Waals surface area contributed by atoms with E-state index in [1.54, 1.807) is 0 Å². The maximum atomic E-state index is 9.04. The molecular weight excluding hydrogens is 174 g/mol. The van der Waals surface area contributed by atoms with Crippen LogP contribution in [0, 0.1) is 0 Å². The Bertz CT molecular complexity index is 234.